The highest BCUT2D eigenvalue weighted by molar-refractivity contribution is 5.99. The van der Waals surface area contributed by atoms with Gasteiger partial charge in [0.05, 0.1) is 5.57 Å². The summed E-state index contributed by atoms with van der Waals surface area (Å²) in [7, 11) is 0. The molecule has 0 saturated carbocycles. The van der Waals surface area contributed by atoms with Crippen molar-refractivity contribution in [1.82, 2.24) is 4.90 Å². The molecule has 1 amide bonds. The number of nitrogens with zero attached hydrogens (tertiary/aromatic N) is 2. The second kappa shape index (κ2) is 4.33. The largest absolute Gasteiger partial charge is 0.343 e. The van der Waals surface area contributed by atoms with Crippen molar-refractivity contribution in [2.75, 3.05) is 13.1 Å². The Morgan fingerprint density at radius 1 is 1.41 bits per heavy atom. The van der Waals surface area contributed by atoms with Crippen LogP contribution in [0.4, 0.5) is 0 Å². The SMILES string of the molecule is CC(=O)N1CCC2(C=C(C#N)C(=O)CC2)CC1. The Balaban J connectivity index is 2.13. The molecule has 1 spiro atoms. The van der Waals surface area contributed by atoms with Gasteiger partial charge < -0.3 is 4.90 Å². The lowest BCUT2D eigenvalue weighted by molar-refractivity contribution is -0.131. The number of allylic oxidation sites excluding steroid dienone is 2. The quantitative estimate of drug-likeness (QED) is 0.634. The lowest BCUT2D eigenvalue weighted by Crippen LogP contribution is -2.42. The van der Waals surface area contributed by atoms with Crippen LogP contribution >= 0.6 is 0 Å². The average molecular weight is 232 g/mol. The molecule has 1 aliphatic heterocycles. The zero-order valence-electron chi connectivity index (χ0n) is 10.0. The van der Waals surface area contributed by atoms with E-state index >= 15 is 0 Å². The third-order valence-corrected chi connectivity index (χ3v) is 3.93. The molecule has 1 heterocycles. The third kappa shape index (κ3) is 2.23. The molecule has 0 atom stereocenters. The standard InChI is InChI=1S/C13H16N2O2/c1-10(16)15-6-4-13(5-7-15)3-2-12(17)11(8-13)9-14/h8H,2-7H2,1H3. The van der Waals surface area contributed by atoms with Gasteiger partial charge in [-0.05, 0) is 24.7 Å². The predicted molar refractivity (Wildman–Crippen MR) is 61.9 cm³/mol. The van der Waals surface area contributed by atoms with Gasteiger partial charge in [0.15, 0.2) is 5.78 Å². The summed E-state index contributed by atoms with van der Waals surface area (Å²) in [5.41, 5.74) is 0.290. The Hall–Kier alpha value is -1.63. The predicted octanol–water partition coefficient (Wildman–Crippen LogP) is 1.43. The van der Waals surface area contributed by atoms with E-state index in [1.807, 2.05) is 17.0 Å². The van der Waals surface area contributed by atoms with Gasteiger partial charge in [0.1, 0.15) is 6.07 Å². The van der Waals surface area contributed by atoms with Crippen LogP contribution in [0.3, 0.4) is 0 Å². The molecule has 0 radical (unpaired) electrons. The summed E-state index contributed by atoms with van der Waals surface area (Å²) >= 11 is 0. The van der Waals surface area contributed by atoms with Gasteiger partial charge >= 0.3 is 0 Å². The van der Waals surface area contributed by atoms with E-state index in [9.17, 15) is 9.59 Å². The molecule has 0 N–H and O–H groups in total. The van der Waals surface area contributed by atoms with Crippen molar-refractivity contribution >= 4 is 11.7 Å². The Morgan fingerprint density at radius 2 is 2.06 bits per heavy atom. The first kappa shape index (κ1) is 11.8. The van der Waals surface area contributed by atoms with Crippen molar-refractivity contribution in [1.29, 1.82) is 5.26 Å². The first-order valence-corrected chi connectivity index (χ1v) is 5.98. The van der Waals surface area contributed by atoms with E-state index in [0.29, 0.717) is 12.0 Å². The van der Waals surface area contributed by atoms with Gasteiger partial charge in [0.2, 0.25) is 5.91 Å². The van der Waals surface area contributed by atoms with Crippen LogP contribution in [0, 0.1) is 16.7 Å². The van der Waals surface area contributed by atoms with E-state index in [1.54, 1.807) is 6.92 Å². The summed E-state index contributed by atoms with van der Waals surface area (Å²) in [6, 6.07) is 1.99. The Labute approximate surface area is 101 Å². The maximum Gasteiger partial charge on any atom is 0.219 e. The number of hydrogen-bond donors (Lipinski definition) is 0. The lowest BCUT2D eigenvalue weighted by Gasteiger charge is -2.41. The number of nitriles is 1. The van der Waals surface area contributed by atoms with E-state index < -0.39 is 0 Å². The molecule has 4 heteroatoms. The van der Waals surface area contributed by atoms with Crippen LogP contribution in [0.5, 0.6) is 0 Å². The number of Topliss-reactive ketones (excluding diaryl/α,β-unsaturated/α-hetero) is 1. The molecule has 1 aliphatic carbocycles. The number of hydrogen-bond acceptors (Lipinski definition) is 3. The summed E-state index contributed by atoms with van der Waals surface area (Å²) < 4.78 is 0. The number of carbonyl (C=O) groups is 2. The van der Waals surface area contributed by atoms with E-state index in [1.165, 1.54) is 0 Å². The summed E-state index contributed by atoms with van der Waals surface area (Å²) in [6.07, 6.45) is 4.88. The van der Waals surface area contributed by atoms with Crippen LogP contribution in [0.1, 0.15) is 32.6 Å². The van der Waals surface area contributed by atoms with Crippen molar-refractivity contribution in [2.24, 2.45) is 5.41 Å². The van der Waals surface area contributed by atoms with Crippen LogP contribution in [-0.2, 0) is 9.59 Å². The van der Waals surface area contributed by atoms with E-state index in [2.05, 4.69) is 0 Å². The number of amides is 1. The van der Waals surface area contributed by atoms with E-state index in [4.69, 9.17) is 5.26 Å². The van der Waals surface area contributed by atoms with E-state index in [0.717, 1.165) is 32.4 Å². The van der Waals surface area contributed by atoms with Gasteiger partial charge in [0, 0.05) is 26.4 Å². The summed E-state index contributed by atoms with van der Waals surface area (Å²) in [5.74, 6) is 0.0725. The summed E-state index contributed by atoms with van der Waals surface area (Å²) in [5, 5.41) is 8.91. The van der Waals surface area contributed by atoms with Crippen molar-refractivity contribution in [3.8, 4) is 6.07 Å². The van der Waals surface area contributed by atoms with Crippen molar-refractivity contribution in [2.45, 2.75) is 32.6 Å². The van der Waals surface area contributed by atoms with Gasteiger partial charge in [0.25, 0.3) is 0 Å². The smallest absolute Gasteiger partial charge is 0.219 e. The highest BCUT2D eigenvalue weighted by atomic mass is 16.2. The highest BCUT2D eigenvalue weighted by Crippen LogP contribution is 2.41. The second-order valence-corrected chi connectivity index (χ2v) is 4.96. The molecule has 0 unspecified atom stereocenters. The molecule has 4 nitrogen and oxygen atoms in total. The Morgan fingerprint density at radius 3 is 2.59 bits per heavy atom. The number of ketones is 1. The third-order valence-electron chi connectivity index (χ3n) is 3.93. The van der Waals surface area contributed by atoms with Crippen molar-refractivity contribution < 1.29 is 9.59 Å². The fourth-order valence-corrected chi connectivity index (χ4v) is 2.71. The fourth-order valence-electron chi connectivity index (χ4n) is 2.71. The number of rotatable bonds is 0. The van der Waals surface area contributed by atoms with E-state index in [-0.39, 0.29) is 17.1 Å². The minimum Gasteiger partial charge on any atom is -0.343 e. The summed E-state index contributed by atoms with van der Waals surface area (Å²) in [4.78, 5) is 24.6. The normalized spacial score (nSPS) is 23.2. The maximum absolute atomic E-state index is 11.5. The minimum atomic E-state index is -0.0351. The molecule has 1 fully saturated rings. The van der Waals surface area contributed by atoms with Crippen LogP contribution in [0.25, 0.3) is 0 Å². The van der Waals surface area contributed by atoms with Gasteiger partial charge in [-0.15, -0.1) is 0 Å². The topological polar surface area (TPSA) is 61.2 Å². The van der Waals surface area contributed by atoms with Crippen LogP contribution in [-0.4, -0.2) is 29.7 Å². The zero-order valence-corrected chi connectivity index (χ0v) is 10.0. The molecule has 90 valence electrons. The molecular weight excluding hydrogens is 216 g/mol. The number of piperidine rings is 1. The van der Waals surface area contributed by atoms with Crippen LogP contribution in [0.15, 0.2) is 11.6 Å². The molecule has 0 aromatic rings. The van der Waals surface area contributed by atoms with Gasteiger partial charge in [-0.25, -0.2) is 0 Å². The first-order chi connectivity index (χ1) is 8.06. The zero-order chi connectivity index (χ0) is 12.5. The van der Waals surface area contributed by atoms with Crippen molar-refractivity contribution in [3.63, 3.8) is 0 Å². The number of likely N-dealkylation sites (tertiary alicyclic amines) is 1. The fraction of sp³-hybridized carbons (Fsp3) is 0.615. The Bertz CT molecular complexity index is 423. The first-order valence-electron chi connectivity index (χ1n) is 5.98. The lowest BCUT2D eigenvalue weighted by atomic mass is 9.70. The van der Waals surface area contributed by atoms with Gasteiger partial charge in [-0.2, -0.15) is 5.26 Å². The van der Waals surface area contributed by atoms with Crippen LogP contribution in [0.2, 0.25) is 0 Å². The van der Waals surface area contributed by atoms with Crippen LogP contribution < -0.4 is 0 Å². The minimum absolute atomic E-state index is 0.0229. The van der Waals surface area contributed by atoms with Gasteiger partial charge in [-0.1, -0.05) is 6.08 Å². The van der Waals surface area contributed by atoms with Gasteiger partial charge in [-0.3, -0.25) is 9.59 Å². The molecule has 0 bridgehead atoms. The Kier molecular flexibility index (Phi) is 3.01. The molecule has 17 heavy (non-hydrogen) atoms. The monoisotopic (exact) mass is 232 g/mol. The second-order valence-electron chi connectivity index (χ2n) is 4.96. The number of carbonyl (C=O) groups excluding carboxylic acids is 2. The maximum atomic E-state index is 11.5. The molecule has 1 saturated heterocycles. The molecule has 2 aliphatic rings. The molecule has 0 aromatic carbocycles. The molecule has 2 rings (SSSR count). The highest BCUT2D eigenvalue weighted by Gasteiger charge is 2.37. The summed E-state index contributed by atoms with van der Waals surface area (Å²) in [6.45, 7) is 3.05. The molecule has 0 aromatic heterocycles. The average Bonchev–Trinajstić information content (AvgIpc) is 2.33. The van der Waals surface area contributed by atoms with Crippen molar-refractivity contribution in [3.05, 3.63) is 11.6 Å². The molecular formula is C13H16N2O2.